The molecule has 0 radical (unpaired) electrons. The monoisotopic (exact) mass is 450 g/mol. The summed E-state index contributed by atoms with van der Waals surface area (Å²) >= 11 is 2.82. The Hall–Kier alpha value is -2.66. The zero-order valence-electron chi connectivity index (χ0n) is 16.8. The second-order valence-corrected chi connectivity index (χ2v) is 7.89. The Bertz CT molecular complexity index is 929. The van der Waals surface area contributed by atoms with E-state index in [1.165, 1.54) is 11.8 Å². The number of aromatic nitrogens is 2. The van der Waals surface area contributed by atoms with Gasteiger partial charge in [-0.3, -0.25) is 0 Å². The zero-order chi connectivity index (χ0) is 21.5. The maximum atomic E-state index is 12.8. The van der Waals surface area contributed by atoms with Gasteiger partial charge in [0.2, 0.25) is 5.89 Å². The number of hydrogen-bond donors (Lipinski definition) is 2. The van der Waals surface area contributed by atoms with Crippen molar-refractivity contribution in [2.24, 2.45) is 0 Å². The van der Waals surface area contributed by atoms with Crippen LogP contribution in [0, 0.1) is 0 Å². The highest BCUT2D eigenvalue weighted by Crippen LogP contribution is 2.31. The molecule has 9 nitrogen and oxygen atoms in total. The highest BCUT2D eigenvalue weighted by Gasteiger charge is 2.34. The molecule has 2 heterocycles. The van der Waals surface area contributed by atoms with Gasteiger partial charge in [-0.05, 0) is 30.9 Å². The fourth-order valence-corrected chi connectivity index (χ4v) is 3.95. The van der Waals surface area contributed by atoms with E-state index in [0.717, 1.165) is 5.56 Å². The summed E-state index contributed by atoms with van der Waals surface area (Å²) in [5.41, 5.74) is 1.50. The van der Waals surface area contributed by atoms with E-state index in [0.29, 0.717) is 33.9 Å². The maximum Gasteiger partial charge on any atom is 0.338 e. The Balaban J connectivity index is 1.90. The largest absolute Gasteiger partial charge is 0.497 e. The lowest BCUT2D eigenvalue weighted by molar-refractivity contribution is -0.139. The fraction of sp³-hybridized carbons (Fsp3) is 0.368. The second kappa shape index (κ2) is 10.4. The average Bonchev–Trinajstić information content (AvgIpc) is 3.19. The molecule has 2 amide bonds. The number of urea groups is 1. The lowest BCUT2D eigenvalue weighted by Crippen LogP contribution is -2.46. The van der Waals surface area contributed by atoms with Crippen molar-refractivity contribution in [1.29, 1.82) is 0 Å². The minimum Gasteiger partial charge on any atom is -0.497 e. The number of amides is 2. The molecular formula is C19H22N4O5S2. The van der Waals surface area contributed by atoms with Crippen molar-refractivity contribution in [3.63, 3.8) is 0 Å². The molecule has 11 heteroatoms. The van der Waals surface area contributed by atoms with Crippen LogP contribution in [0.3, 0.4) is 0 Å². The van der Waals surface area contributed by atoms with E-state index in [1.54, 1.807) is 50.1 Å². The summed E-state index contributed by atoms with van der Waals surface area (Å²) < 4.78 is 16.0. The smallest absolute Gasteiger partial charge is 0.338 e. The quantitative estimate of drug-likeness (QED) is 0.439. The molecule has 0 saturated carbocycles. The summed E-state index contributed by atoms with van der Waals surface area (Å²) in [7, 11) is 1.57. The van der Waals surface area contributed by atoms with Gasteiger partial charge in [0.1, 0.15) is 5.75 Å². The van der Waals surface area contributed by atoms with Crippen molar-refractivity contribution in [2.75, 3.05) is 25.7 Å². The first-order valence-corrected chi connectivity index (χ1v) is 11.5. The number of nitrogens with one attached hydrogen (secondary N) is 2. The lowest BCUT2D eigenvalue weighted by atomic mass is 9.95. The molecule has 2 aromatic rings. The minimum absolute atomic E-state index is 0.216. The number of thioether (sulfide) groups is 2. The molecule has 1 aromatic carbocycles. The Morgan fingerprint density at radius 2 is 2.00 bits per heavy atom. The van der Waals surface area contributed by atoms with E-state index >= 15 is 0 Å². The van der Waals surface area contributed by atoms with Crippen LogP contribution in [-0.2, 0) is 15.3 Å². The van der Waals surface area contributed by atoms with Crippen molar-refractivity contribution >= 4 is 35.5 Å². The SMILES string of the molecule is CCOC(=O)C1=C(CSc2nnc(CSC)o2)NC(=O)N[C@@H]1c1ccc(OC)cc1. The molecule has 0 unspecified atom stereocenters. The van der Waals surface area contributed by atoms with Crippen molar-refractivity contribution < 1.29 is 23.5 Å². The predicted octanol–water partition coefficient (Wildman–Crippen LogP) is 2.90. The fourth-order valence-electron chi connectivity index (χ4n) is 2.84. The van der Waals surface area contributed by atoms with E-state index in [-0.39, 0.29) is 12.4 Å². The number of rotatable bonds is 9. The first-order chi connectivity index (χ1) is 14.5. The van der Waals surface area contributed by atoms with Crippen LogP contribution in [0.2, 0.25) is 0 Å². The van der Waals surface area contributed by atoms with Crippen LogP contribution < -0.4 is 15.4 Å². The number of esters is 1. The van der Waals surface area contributed by atoms with E-state index in [1.807, 2.05) is 6.26 Å². The molecule has 1 aliphatic rings. The van der Waals surface area contributed by atoms with Crippen molar-refractivity contribution in [2.45, 2.75) is 23.9 Å². The molecule has 30 heavy (non-hydrogen) atoms. The molecule has 0 saturated heterocycles. The summed E-state index contributed by atoms with van der Waals surface area (Å²) in [6.45, 7) is 1.95. The number of ether oxygens (including phenoxy) is 2. The standard InChI is InChI=1S/C19H22N4O5S2/c1-4-27-17(24)15-13(9-30-19-23-22-14(28-19)10-29-3)20-18(25)21-16(15)11-5-7-12(26-2)8-6-11/h5-8,16H,4,9-10H2,1-3H3,(H2,20,21,25)/t16-/m1/s1. The molecule has 0 bridgehead atoms. The highest BCUT2D eigenvalue weighted by molar-refractivity contribution is 7.99. The van der Waals surface area contributed by atoms with Gasteiger partial charge in [-0.2, -0.15) is 11.8 Å². The van der Waals surface area contributed by atoms with E-state index < -0.39 is 18.0 Å². The summed E-state index contributed by atoms with van der Waals surface area (Å²) in [6, 6.07) is 6.07. The molecule has 160 valence electrons. The third kappa shape index (κ3) is 5.28. The lowest BCUT2D eigenvalue weighted by Gasteiger charge is -2.29. The van der Waals surface area contributed by atoms with E-state index in [9.17, 15) is 9.59 Å². The highest BCUT2D eigenvalue weighted by atomic mass is 32.2. The molecular weight excluding hydrogens is 428 g/mol. The second-order valence-electron chi connectivity index (χ2n) is 6.10. The van der Waals surface area contributed by atoms with Gasteiger partial charge in [0.15, 0.2) is 0 Å². The molecule has 0 spiro atoms. The van der Waals surface area contributed by atoms with Crippen LogP contribution in [0.4, 0.5) is 4.79 Å². The van der Waals surface area contributed by atoms with Crippen LogP contribution in [0.25, 0.3) is 0 Å². The topological polar surface area (TPSA) is 116 Å². The van der Waals surface area contributed by atoms with Crippen LogP contribution in [0.15, 0.2) is 45.2 Å². The Kier molecular flexibility index (Phi) is 7.63. The van der Waals surface area contributed by atoms with Gasteiger partial charge in [-0.25, -0.2) is 9.59 Å². The predicted molar refractivity (Wildman–Crippen MR) is 113 cm³/mol. The van der Waals surface area contributed by atoms with Gasteiger partial charge in [-0.1, -0.05) is 23.9 Å². The number of carbonyl (C=O) groups excluding carboxylic acids is 2. The number of benzene rings is 1. The number of carbonyl (C=O) groups is 2. The van der Waals surface area contributed by atoms with Gasteiger partial charge in [0.25, 0.3) is 5.22 Å². The first kappa shape index (κ1) is 22.0. The van der Waals surface area contributed by atoms with Gasteiger partial charge in [-0.15, -0.1) is 10.2 Å². The van der Waals surface area contributed by atoms with Crippen molar-refractivity contribution in [3.8, 4) is 5.75 Å². The molecule has 1 aliphatic heterocycles. The normalized spacial score (nSPS) is 16.1. The Labute approximate surface area is 182 Å². The number of methoxy groups -OCH3 is 1. The van der Waals surface area contributed by atoms with Crippen LogP contribution in [0.1, 0.15) is 24.4 Å². The van der Waals surface area contributed by atoms with Crippen molar-refractivity contribution in [3.05, 3.63) is 47.0 Å². The first-order valence-electron chi connectivity index (χ1n) is 9.11. The van der Waals surface area contributed by atoms with E-state index in [2.05, 4.69) is 20.8 Å². The molecule has 2 N–H and O–H groups in total. The molecule has 0 fully saturated rings. The third-order valence-electron chi connectivity index (χ3n) is 4.15. The molecule has 1 atom stereocenters. The number of nitrogens with zero attached hydrogens (tertiary/aromatic N) is 2. The molecule has 3 rings (SSSR count). The maximum absolute atomic E-state index is 12.8. The average molecular weight is 451 g/mol. The summed E-state index contributed by atoms with van der Waals surface area (Å²) in [5, 5.41) is 13.8. The third-order valence-corrected chi connectivity index (χ3v) is 5.53. The Morgan fingerprint density at radius 1 is 1.23 bits per heavy atom. The summed E-state index contributed by atoms with van der Waals surface area (Å²) in [4.78, 5) is 25.1. The molecule has 1 aromatic heterocycles. The minimum atomic E-state index is -0.658. The van der Waals surface area contributed by atoms with Gasteiger partial charge in [0.05, 0.1) is 31.1 Å². The number of hydrogen-bond acceptors (Lipinski definition) is 9. The molecule has 0 aliphatic carbocycles. The van der Waals surface area contributed by atoms with Gasteiger partial charge < -0.3 is 24.5 Å². The van der Waals surface area contributed by atoms with Crippen LogP contribution in [-0.4, -0.2) is 47.9 Å². The Morgan fingerprint density at radius 3 is 2.67 bits per heavy atom. The van der Waals surface area contributed by atoms with E-state index in [4.69, 9.17) is 13.9 Å². The van der Waals surface area contributed by atoms with Crippen LogP contribution in [0.5, 0.6) is 5.75 Å². The van der Waals surface area contributed by atoms with Crippen LogP contribution >= 0.6 is 23.5 Å². The summed E-state index contributed by atoms with van der Waals surface area (Å²) in [5.74, 6) is 1.57. The summed E-state index contributed by atoms with van der Waals surface area (Å²) in [6.07, 6.45) is 1.94. The zero-order valence-corrected chi connectivity index (χ0v) is 18.4. The van der Waals surface area contributed by atoms with Gasteiger partial charge in [0, 0.05) is 11.4 Å². The van der Waals surface area contributed by atoms with Crippen molar-refractivity contribution in [1.82, 2.24) is 20.8 Å². The van der Waals surface area contributed by atoms with Gasteiger partial charge >= 0.3 is 12.0 Å².